The summed E-state index contributed by atoms with van der Waals surface area (Å²) in [6.45, 7) is 4.37. The molecular weight excluding hydrogens is 452 g/mol. The van der Waals surface area contributed by atoms with Crippen LogP contribution in [0.5, 0.6) is 0 Å². The minimum Gasteiger partial charge on any atom is -0.480 e. The van der Waals surface area contributed by atoms with E-state index in [1.165, 1.54) is 6.07 Å². The number of aliphatic carboxylic acids is 1. The van der Waals surface area contributed by atoms with Crippen LogP contribution in [0, 0.1) is 11.2 Å². The molecule has 32 heavy (non-hydrogen) atoms. The van der Waals surface area contributed by atoms with E-state index < -0.39 is 34.8 Å². The Morgan fingerprint density at radius 1 is 1.16 bits per heavy atom. The monoisotopic (exact) mass is 479 g/mol. The van der Waals surface area contributed by atoms with Crippen LogP contribution in [0.3, 0.4) is 0 Å². The molecule has 2 aromatic carbocycles. The maximum atomic E-state index is 15.3. The first kappa shape index (κ1) is 23.3. The quantitative estimate of drug-likeness (QED) is 0.461. The Kier molecular flexibility index (Phi) is 5.73. The number of rotatable bonds is 3. The topological polar surface area (TPSA) is 101 Å². The molecule has 1 saturated carbocycles. The van der Waals surface area contributed by atoms with Crippen LogP contribution in [0.25, 0.3) is 0 Å². The molecule has 0 radical (unpaired) electrons. The summed E-state index contributed by atoms with van der Waals surface area (Å²) in [6, 6.07) is 8.51. The summed E-state index contributed by atoms with van der Waals surface area (Å²) in [7, 11) is 0. The minimum absolute atomic E-state index is 0.0798. The Morgan fingerprint density at radius 2 is 1.81 bits per heavy atom. The van der Waals surface area contributed by atoms with E-state index >= 15 is 4.39 Å². The molecule has 0 aromatic heterocycles. The molecule has 6 N–H and O–H groups in total. The van der Waals surface area contributed by atoms with Crippen molar-refractivity contribution < 1.29 is 14.3 Å². The Morgan fingerprint density at radius 3 is 2.41 bits per heavy atom. The number of carboxylic acid groups (broad SMARTS) is 1. The molecule has 172 valence electrons. The molecule has 1 saturated heterocycles. The summed E-state index contributed by atoms with van der Waals surface area (Å²) in [5, 5.41) is 13.9. The van der Waals surface area contributed by atoms with Gasteiger partial charge in [-0.05, 0) is 60.4 Å². The van der Waals surface area contributed by atoms with Crippen LogP contribution in [0.15, 0.2) is 36.4 Å². The normalized spacial score (nSPS) is 28.7. The van der Waals surface area contributed by atoms with Crippen molar-refractivity contribution in [3.63, 3.8) is 0 Å². The summed E-state index contributed by atoms with van der Waals surface area (Å²) in [6.07, 6.45) is 2.93. The number of nitrogens with two attached hydrogens (primary N) is 2. The van der Waals surface area contributed by atoms with Gasteiger partial charge in [0.25, 0.3) is 0 Å². The van der Waals surface area contributed by atoms with Crippen molar-refractivity contribution >= 4 is 34.9 Å². The minimum atomic E-state index is -1.31. The van der Waals surface area contributed by atoms with Crippen LogP contribution >= 0.6 is 23.2 Å². The van der Waals surface area contributed by atoms with Crippen LogP contribution in [0.4, 0.5) is 10.1 Å². The van der Waals surface area contributed by atoms with Gasteiger partial charge in [0.1, 0.15) is 11.9 Å². The number of carbonyl (C=O) groups is 1. The van der Waals surface area contributed by atoms with Crippen molar-refractivity contribution in [1.82, 2.24) is 5.32 Å². The molecule has 0 bridgehead atoms. The molecule has 3 atom stereocenters. The lowest BCUT2D eigenvalue weighted by molar-refractivity contribution is -0.139. The van der Waals surface area contributed by atoms with Crippen molar-refractivity contribution in [2.75, 3.05) is 5.73 Å². The van der Waals surface area contributed by atoms with E-state index in [9.17, 15) is 9.90 Å². The highest BCUT2D eigenvalue weighted by atomic mass is 35.5. The van der Waals surface area contributed by atoms with Gasteiger partial charge in [-0.15, -0.1) is 0 Å². The van der Waals surface area contributed by atoms with Gasteiger partial charge in [0, 0.05) is 22.2 Å². The molecule has 1 heterocycles. The Bertz CT molecular complexity index is 1070. The predicted octanol–water partition coefficient (Wildman–Crippen LogP) is 5.05. The first-order chi connectivity index (χ1) is 14.9. The molecule has 1 aliphatic carbocycles. The van der Waals surface area contributed by atoms with E-state index in [4.69, 9.17) is 34.7 Å². The van der Waals surface area contributed by atoms with Gasteiger partial charge < -0.3 is 16.6 Å². The van der Waals surface area contributed by atoms with Gasteiger partial charge in [-0.25, -0.2) is 4.39 Å². The molecule has 1 aliphatic heterocycles. The van der Waals surface area contributed by atoms with Crippen molar-refractivity contribution in [3.05, 3.63) is 63.4 Å². The molecule has 8 heteroatoms. The zero-order valence-corrected chi connectivity index (χ0v) is 19.6. The number of anilines is 1. The van der Waals surface area contributed by atoms with E-state index in [0.29, 0.717) is 29.1 Å². The molecule has 2 aliphatic rings. The number of benzene rings is 2. The smallest absolute Gasteiger partial charge is 0.321 e. The highest BCUT2D eigenvalue weighted by Gasteiger charge is 2.66. The van der Waals surface area contributed by atoms with Crippen LogP contribution in [-0.4, -0.2) is 22.7 Å². The van der Waals surface area contributed by atoms with Crippen molar-refractivity contribution in [3.8, 4) is 0 Å². The third kappa shape index (κ3) is 3.48. The van der Waals surface area contributed by atoms with Crippen LogP contribution in [-0.2, 0) is 10.3 Å². The van der Waals surface area contributed by atoms with Crippen LogP contribution in [0.1, 0.15) is 56.6 Å². The number of hydrogen-bond acceptors (Lipinski definition) is 4. The molecule has 0 unspecified atom stereocenters. The molecular formula is C24H28Cl2FN3O2. The maximum absolute atomic E-state index is 15.3. The third-order valence-corrected chi connectivity index (χ3v) is 8.07. The number of nitrogens with one attached hydrogen (secondary N) is 1. The van der Waals surface area contributed by atoms with Gasteiger partial charge in [-0.3, -0.25) is 10.1 Å². The fraction of sp³-hybridized carbons (Fsp3) is 0.458. The van der Waals surface area contributed by atoms with Gasteiger partial charge in [-0.2, -0.15) is 0 Å². The number of carboxylic acids is 1. The molecule has 4 rings (SSSR count). The highest BCUT2D eigenvalue weighted by Crippen LogP contribution is 2.58. The van der Waals surface area contributed by atoms with E-state index in [-0.39, 0.29) is 16.0 Å². The summed E-state index contributed by atoms with van der Waals surface area (Å²) < 4.78 is 15.3. The van der Waals surface area contributed by atoms with E-state index in [1.807, 2.05) is 0 Å². The van der Waals surface area contributed by atoms with Crippen molar-refractivity contribution in [2.24, 2.45) is 11.1 Å². The van der Waals surface area contributed by atoms with Gasteiger partial charge in [0.15, 0.2) is 0 Å². The Balaban J connectivity index is 2.00. The molecule has 1 spiro atoms. The van der Waals surface area contributed by atoms with Gasteiger partial charge in [-0.1, -0.05) is 55.2 Å². The van der Waals surface area contributed by atoms with E-state index in [1.54, 1.807) is 30.3 Å². The standard InChI is InChI=1S/C24H28Cl2FN3O2/c1-22(2)8-10-23(11-9-22)24(29,15-7-6-13(25)12-17(15)28)18(20(30-23)21(31)32)14-4-3-5-16(26)19(14)27/h3-7,12,18,20,30H,8-11,28-29H2,1-2H3,(H,31,32)/t18-,20+,24+/m0/s1. The lowest BCUT2D eigenvalue weighted by Crippen LogP contribution is -2.63. The van der Waals surface area contributed by atoms with E-state index in [2.05, 4.69) is 19.2 Å². The average Bonchev–Trinajstić information content (AvgIpc) is 2.96. The summed E-state index contributed by atoms with van der Waals surface area (Å²) in [4.78, 5) is 12.5. The second kappa shape index (κ2) is 7.87. The molecule has 5 nitrogen and oxygen atoms in total. The Hall–Kier alpha value is -1.86. The fourth-order valence-electron chi connectivity index (χ4n) is 5.70. The zero-order chi connectivity index (χ0) is 23.5. The molecule has 2 fully saturated rings. The summed E-state index contributed by atoms with van der Waals surface area (Å²) in [5.74, 6) is -2.70. The first-order valence-electron chi connectivity index (χ1n) is 10.7. The maximum Gasteiger partial charge on any atom is 0.321 e. The largest absolute Gasteiger partial charge is 0.480 e. The molecule has 2 aromatic rings. The van der Waals surface area contributed by atoms with E-state index in [0.717, 1.165) is 12.8 Å². The second-order valence-electron chi connectivity index (χ2n) is 9.93. The first-order valence-corrected chi connectivity index (χ1v) is 11.5. The average molecular weight is 480 g/mol. The lowest BCUT2D eigenvalue weighted by Gasteiger charge is -2.51. The predicted molar refractivity (Wildman–Crippen MR) is 125 cm³/mol. The van der Waals surface area contributed by atoms with Gasteiger partial charge >= 0.3 is 5.97 Å². The number of halogens is 3. The third-order valence-electron chi connectivity index (χ3n) is 7.55. The summed E-state index contributed by atoms with van der Waals surface area (Å²) >= 11 is 12.3. The second-order valence-corrected chi connectivity index (χ2v) is 10.8. The number of nitrogen functional groups attached to an aromatic ring is 1. The number of hydrogen-bond donors (Lipinski definition) is 4. The van der Waals surface area contributed by atoms with Gasteiger partial charge in [0.2, 0.25) is 0 Å². The zero-order valence-electron chi connectivity index (χ0n) is 18.1. The highest BCUT2D eigenvalue weighted by molar-refractivity contribution is 6.31. The lowest BCUT2D eigenvalue weighted by atomic mass is 9.57. The fourth-order valence-corrected chi connectivity index (χ4v) is 6.06. The van der Waals surface area contributed by atoms with Gasteiger partial charge in [0.05, 0.1) is 10.6 Å². The SMILES string of the molecule is CC1(C)CCC2(CC1)N[C@@H](C(=O)O)[C@H](c1cccc(Cl)c1F)[C@]2(N)c1ccc(Cl)cc1N. The van der Waals surface area contributed by atoms with Crippen molar-refractivity contribution in [1.29, 1.82) is 0 Å². The van der Waals surface area contributed by atoms with Crippen LogP contribution < -0.4 is 16.8 Å². The van der Waals surface area contributed by atoms with Crippen LogP contribution in [0.2, 0.25) is 10.0 Å². The molecule has 0 amide bonds. The summed E-state index contributed by atoms with van der Waals surface area (Å²) in [5.41, 5.74) is 12.7. The van der Waals surface area contributed by atoms with Crippen molar-refractivity contribution in [2.45, 2.75) is 62.6 Å². The Labute approximate surface area is 197 Å².